The van der Waals surface area contributed by atoms with Crippen LogP contribution in [0.15, 0.2) is 36.2 Å². The van der Waals surface area contributed by atoms with E-state index in [1.54, 1.807) is 7.11 Å². The second-order valence-electron chi connectivity index (χ2n) is 6.90. The first kappa shape index (κ1) is 15.5. The summed E-state index contributed by atoms with van der Waals surface area (Å²) in [6.07, 6.45) is 8.63. The molecule has 1 saturated carbocycles. The van der Waals surface area contributed by atoms with Gasteiger partial charge in [-0.05, 0) is 30.9 Å². The molecule has 1 amide bonds. The van der Waals surface area contributed by atoms with Crippen molar-refractivity contribution in [3.8, 4) is 0 Å². The standard InChI is InChI=1S/C19H25N3O2/c1-24-12-11-21-13-17-18(23)20-15-9-5-6-10-16(15)22(17)19(21)14-7-3-2-4-8-14/h5-6,9-10,13-14,19H,2-4,7-8,11-12H2,1H3,(H,20,23). The van der Waals surface area contributed by atoms with Crippen LogP contribution in [0, 0.1) is 5.92 Å². The van der Waals surface area contributed by atoms with E-state index in [1.807, 2.05) is 24.4 Å². The Hall–Kier alpha value is -2.01. The highest BCUT2D eigenvalue weighted by Crippen LogP contribution is 2.43. The minimum absolute atomic E-state index is 0.00516. The van der Waals surface area contributed by atoms with Crippen LogP contribution in [0.25, 0.3) is 0 Å². The maximum Gasteiger partial charge on any atom is 0.273 e. The number of hydrogen-bond donors (Lipinski definition) is 1. The Morgan fingerprint density at radius 2 is 2.00 bits per heavy atom. The summed E-state index contributed by atoms with van der Waals surface area (Å²) in [5.74, 6) is 0.581. The first-order valence-corrected chi connectivity index (χ1v) is 8.95. The predicted molar refractivity (Wildman–Crippen MR) is 94.6 cm³/mol. The van der Waals surface area contributed by atoms with E-state index < -0.39 is 0 Å². The van der Waals surface area contributed by atoms with Gasteiger partial charge in [-0.15, -0.1) is 0 Å². The van der Waals surface area contributed by atoms with Crippen LogP contribution in [0.4, 0.5) is 11.4 Å². The van der Waals surface area contributed by atoms with Crippen molar-refractivity contribution < 1.29 is 9.53 Å². The summed E-state index contributed by atoms with van der Waals surface area (Å²) < 4.78 is 5.30. The molecule has 0 spiro atoms. The second kappa shape index (κ2) is 6.48. The van der Waals surface area contributed by atoms with E-state index in [1.165, 1.54) is 32.1 Å². The zero-order chi connectivity index (χ0) is 16.5. The van der Waals surface area contributed by atoms with E-state index in [9.17, 15) is 4.79 Å². The summed E-state index contributed by atoms with van der Waals surface area (Å²) in [7, 11) is 1.73. The topological polar surface area (TPSA) is 44.8 Å². The number of para-hydroxylation sites is 2. The molecule has 0 bridgehead atoms. The van der Waals surface area contributed by atoms with Crippen molar-refractivity contribution >= 4 is 17.3 Å². The number of ether oxygens (including phenoxy) is 1. The molecule has 5 heteroatoms. The molecule has 2 heterocycles. The molecule has 0 aromatic heterocycles. The predicted octanol–water partition coefficient (Wildman–Crippen LogP) is 3.15. The largest absolute Gasteiger partial charge is 0.383 e. The van der Waals surface area contributed by atoms with Crippen molar-refractivity contribution in [2.45, 2.75) is 38.3 Å². The number of amides is 1. The summed E-state index contributed by atoms with van der Waals surface area (Å²) in [6.45, 7) is 1.48. The fourth-order valence-electron chi connectivity index (χ4n) is 4.31. The molecule has 1 unspecified atom stereocenters. The Morgan fingerprint density at radius 1 is 1.21 bits per heavy atom. The van der Waals surface area contributed by atoms with Crippen LogP contribution in [0.5, 0.6) is 0 Å². The van der Waals surface area contributed by atoms with E-state index in [-0.39, 0.29) is 12.1 Å². The molecule has 1 aliphatic carbocycles. The molecule has 1 aromatic carbocycles. The van der Waals surface area contributed by atoms with E-state index in [0.717, 1.165) is 23.6 Å². The first-order valence-electron chi connectivity index (χ1n) is 8.95. The number of rotatable bonds is 4. The van der Waals surface area contributed by atoms with Crippen LogP contribution in [0.3, 0.4) is 0 Å². The van der Waals surface area contributed by atoms with Gasteiger partial charge in [-0.3, -0.25) is 4.79 Å². The van der Waals surface area contributed by atoms with Crippen LogP contribution in [0.1, 0.15) is 32.1 Å². The van der Waals surface area contributed by atoms with Crippen molar-refractivity contribution in [1.82, 2.24) is 4.90 Å². The smallest absolute Gasteiger partial charge is 0.273 e. The summed E-state index contributed by atoms with van der Waals surface area (Å²) in [5.41, 5.74) is 2.79. The highest BCUT2D eigenvalue weighted by atomic mass is 16.5. The van der Waals surface area contributed by atoms with Gasteiger partial charge in [-0.1, -0.05) is 31.4 Å². The van der Waals surface area contributed by atoms with Crippen LogP contribution in [0.2, 0.25) is 0 Å². The van der Waals surface area contributed by atoms with Gasteiger partial charge in [0.05, 0.1) is 18.0 Å². The van der Waals surface area contributed by atoms with Crippen LogP contribution >= 0.6 is 0 Å². The Balaban J connectivity index is 1.72. The van der Waals surface area contributed by atoms with Crippen molar-refractivity contribution in [1.29, 1.82) is 0 Å². The number of benzene rings is 1. The molecule has 5 nitrogen and oxygen atoms in total. The molecule has 3 aliphatic rings. The number of nitrogens with one attached hydrogen (secondary N) is 1. The third kappa shape index (κ3) is 2.57. The molecule has 1 aromatic rings. The zero-order valence-corrected chi connectivity index (χ0v) is 14.2. The number of carbonyl (C=O) groups excluding carboxylic acids is 1. The number of methoxy groups -OCH3 is 1. The first-order chi connectivity index (χ1) is 11.8. The number of hydrogen-bond acceptors (Lipinski definition) is 4. The number of anilines is 2. The van der Waals surface area contributed by atoms with Crippen molar-refractivity contribution in [2.24, 2.45) is 5.92 Å². The van der Waals surface area contributed by atoms with Crippen molar-refractivity contribution in [3.05, 3.63) is 36.2 Å². The van der Waals surface area contributed by atoms with E-state index in [2.05, 4.69) is 21.2 Å². The van der Waals surface area contributed by atoms with Gasteiger partial charge < -0.3 is 19.9 Å². The molecule has 1 fully saturated rings. The fraction of sp³-hybridized carbons (Fsp3) is 0.526. The number of fused-ring (bicyclic) bond motifs is 3. The van der Waals surface area contributed by atoms with Gasteiger partial charge in [0.2, 0.25) is 0 Å². The van der Waals surface area contributed by atoms with Gasteiger partial charge in [0.15, 0.2) is 0 Å². The van der Waals surface area contributed by atoms with Crippen molar-refractivity contribution in [3.63, 3.8) is 0 Å². The lowest BCUT2D eigenvalue weighted by atomic mass is 9.86. The lowest BCUT2D eigenvalue weighted by Gasteiger charge is -2.42. The monoisotopic (exact) mass is 327 g/mol. The third-order valence-electron chi connectivity index (χ3n) is 5.42. The lowest BCUT2D eigenvalue weighted by Crippen LogP contribution is -2.49. The molecule has 0 radical (unpaired) electrons. The Morgan fingerprint density at radius 3 is 2.79 bits per heavy atom. The normalized spacial score (nSPS) is 23.6. The van der Waals surface area contributed by atoms with Gasteiger partial charge in [-0.25, -0.2) is 0 Å². The molecule has 2 aliphatic heterocycles. The van der Waals surface area contributed by atoms with Gasteiger partial charge >= 0.3 is 0 Å². The zero-order valence-electron chi connectivity index (χ0n) is 14.2. The summed E-state index contributed by atoms with van der Waals surface area (Å²) in [5, 5.41) is 3.02. The summed E-state index contributed by atoms with van der Waals surface area (Å²) >= 11 is 0. The molecule has 1 N–H and O–H groups in total. The van der Waals surface area contributed by atoms with Crippen LogP contribution < -0.4 is 10.2 Å². The Bertz CT molecular complexity index is 652. The molecule has 128 valence electrons. The maximum atomic E-state index is 12.6. The van der Waals surface area contributed by atoms with Gasteiger partial charge in [0, 0.05) is 19.9 Å². The molecular weight excluding hydrogens is 302 g/mol. The van der Waals surface area contributed by atoms with Gasteiger partial charge in [0.1, 0.15) is 11.9 Å². The van der Waals surface area contributed by atoms with Crippen LogP contribution in [-0.2, 0) is 9.53 Å². The minimum atomic E-state index is -0.00516. The average Bonchev–Trinajstić information content (AvgIpc) is 3.01. The Kier molecular flexibility index (Phi) is 4.19. The van der Waals surface area contributed by atoms with Gasteiger partial charge in [0.25, 0.3) is 5.91 Å². The second-order valence-corrected chi connectivity index (χ2v) is 6.90. The highest BCUT2D eigenvalue weighted by Gasteiger charge is 2.43. The minimum Gasteiger partial charge on any atom is -0.383 e. The molecule has 4 rings (SSSR count). The third-order valence-corrected chi connectivity index (χ3v) is 5.42. The van der Waals surface area contributed by atoms with E-state index in [0.29, 0.717) is 12.5 Å². The Labute approximate surface area is 143 Å². The van der Waals surface area contributed by atoms with E-state index >= 15 is 0 Å². The number of nitrogens with zero attached hydrogens (tertiary/aromatic N) is 2. The molecule has 24 heavy (non-hydrogen) atoms. The number of carbonyl (C=O) groups is 1. The fourth-order valence-corrected chi connectivity index (χ4v) is 4.31. The van der Waals surface area contributed by atoms with E-state index in [4.69, 9.17) is 4.74 Å². The maximum absolute atomic E-state index is 12.6. The quantitative estimate of drug-likeness (QED) is 0.923. The highest BCUT2D eigenvalue weighted by molar-refractivity contribution is 6.12. The van der Waals surface area contributed by atoms with Crippen molar-refractivity contribution in [2.75, 3.05) is 30.5 Å². The molecular formula is C19H25N3O2. The van der Waals surface area contributed by atoms with Crippen LogP contribution in [-0.4, -0.2) is 37.2 Å². The van der Waals surface area contributed by atoms with Gasteiger partial charge in [-0.2, -0.15) is 0 Å². The SMILES string of the molecule is COCCN1C=C2C(=O)Nc3ccccc3N2C1C1CCCCC1. The molecule has 0 saturated heterocycles. The average molecular weight is 327 g/mol. The lowest BCUT2D eigenvalue weighted by molar-refractivity contribution is -0.113. The molecule has 1 atom stereocenters. The summed E-state index contributed by atoms with van der Waals surface area (Å²) in [4.78, 5) is 17.2. The summed E-state index contributed by atoms with van der Waals surface area (Å²) in [6, 6.07) is 8.11.